The van der Waals surface area contributed by atoms with Crippen molar-refractivity contribution in [2.24, 2.45) is 0 Å². The fourth-order valence-electron chi connectivity index (χ4n) is 1.80. The van der Waals surface area contributed by atoms with E-state index in [4.69, 9.17) is 0 Å². The molecular formula is C9H14N2O5S. The van der Waals surface area contributed by atoms with E-state index >= 15 is 0 Å². The fourth-order valence-corrected chi connectivity index (χ4v) is 3.16. The molecule has 8 heteroatoms. The highest BCUT2D eigenvalue weighted by Gasteiger charge is 2.46. The monoisotopic (exact) mass is 262 g/mol. The van der Waals surface area contributed by atoms with Gasteiger partial charge in [-0.3, -0.25) is 4.79 Å². The molecule has 2 aliphatic rings. The van der Waals surface area contributed by atoms with E-state index in [1.807, 2.05) is 0 Å². The van der Waals surface area contributed by atoms with Crippen LogP contribution in [0.15, 0.2) is 0 Å². The summed E-state index contributed by atoms with van der Waals surface area (Å²) >= 11 is 0. The summed E-state index contributed by atoms with van der Waals surface area (Å²) in [7, 11) is -3.29. The number of ether oxygens (including phenoxy) is 1. The highest BCUT2D eigenvalue weighted by atomic mass is 32.2. The molecule has 7 nitrogen and oxygen atoms in total. The number of hydrogen-bond donors (Lipinski definition) is 0. The zero-order valence-electron chi connectivity index (χ0n) is 9.62. The Morgan fingerprint density at radius 3 is 2.29 bits per heavy atom. The molecule has 2 aliphatic heterocycles. The van der Waals surface area contributed by atoms with Crippen LogP contribution in [0.2, 0.25) is 0 Å². The minimum absolute atomic E-state index is 0.168. The molecule has 0 N–H and O–H groups in total. The van der Waals surface area contributed by atoms with E-state index in [-0.39, 0.29) is 25.7 Å². The van der Waals surface area contributed by atoms with Gasteiger partial charge in [0, 0.05) is 13.1 Å². The number of imide groups is 1. The first kappa shape index (κ1) is 12.3. The molecule has 0 spiro atoms. The highest BCUT2D eigenvalue weighted by molar-refractivity contribution is 7.89. The van der Waals surface area contributed by atoms with E-state index < -0.39 is 27.3 Å². The van der Waals surface area contributed by atoms with Gasteiger partial charge in [0.25, 0.3) is 5.91 Å². The molecule has 2 saturated heterocycles. The summed E-state index contributed by atoms with van der Waals surface area (Å²) in [6.45, 7) is 3.28. The fraction of sp³-hybridized carbons (Fsp3) is 0.778. The Labute approximate surface area is 99.4 Å². The maximum atomic E-state index is 11.7. The van der Waals surface area contributed by atoms with Gasteiger partial charge < -0.3 is 4.74 Å². The topological polar surface area (TPSA) is 84.0 Å². The lowest BCUT2D eigenvalue weighted by Crippen LogP contribution is -2.63. The van der Waals surface area contributed by atoms with Gasteiger partial charge in [0.2, 0.25) is 10.0 Å². The molecule has 0 atom stereocenters. The molecule has 2 rings (SSSR count). The molecule has 0 aromatic heterocycles. The molecule has 0 aromatic rings. The van der Waals surface area contributed by atoms with Gasteiger partial charge in [-0.2, -0.15) is 4.31 Å². The molecule has 0 unspecified atom stereocenters. The number of amides is 2. The molecule has 0 radical (unpaired) electrons. The van der Waals surface area contributed by atoms with Crippen LogP contribution in [-0.2, 0) is 19.6 Å². The molecule has 0 aromatic carbocycles. The first-order valence-electron chi connectivity index (χ1n) is 5.32. The molecule has 0 bridgehead atoms. The molecule has 2 heterocycles. The molecule has 96 valence electrons. The van der Waals surface area contributed by atoms with Crippen LogP contribution >= 0.6 is 0 Å². The Morgan fingerprint density at radius 1 is 1.29 bits per heavy atom. The number of sulfonamides is 1. The third-order valence-corrected chi connectivity index (χ3v) is 5.14. The predicted octanol–water partition coefficient (Wildman–Crippen LogP) is -0.612. The van der Waals surface area contributed by atoms with Crippen LogP contribution in [0.4, 0.5) is 4.79 Å². The molecular weight excluding hydrogens is 248 g/mol. The Morgan fingerprint density at radius 2 is 1.88 bits per heavy atom. The van der Waals surface area contributed by atoms with Crippen LogP contribution < -0.4 is 0 Å². The zero-order chi connectivity index (χ0) is 12.8. The van der Waals surface area contributed by atoms with Crippen molar-refractivity contribution in [3.05, 3.63) is 0 Å². The maximum absolute atomic E-state index is 11.7. The van der Waals surface area contributed by atoms with Gasteiger partial charge in [0.05, 0.1) is 11.3 Å². The minimum Gasteiger partial charge on any atom is -0.439 e. The first-order valence-corrected chi connectivity index (χ1v) is 6.82. The Hall–Kier alpha value is -1.15. The van der Waals surface area contributed by atoms with Gasteiger partial charge in [0.15, 0.2) is 6.61 Å². The summed E-state index contributed by atoms with van der Waals surface area (Å²) in [6.07, 6.45) is -0.679. The van der Waals surface area contributed by atoms with Gasteiger partial charge in [-0.15, -0.1) is 0 Å². The molecule has 17 heavy (non-hydrogen) atoms. The SMILES string of the molecule is CC(C)S(=O)(=O)N1CC(N2C(=O)COC2=O)C1. The summed E-state index contributed by atoms with van der Waals surface area (Å²) in [5.41, 5.74) is 0. The molecule has 2 amide bonds. The van der Waals surface area contributed by atoms with E-state index in [9.17, 15) is 18.0 Å². The second-order valence-electron chi connectivity index (χ2n) is 4.38. The first-order chi connectivity index (χ1) is 7.84. The Bertz CT molecular complexity index is 436. The van der Waals surface area contributed by atoms with E-state index in [2.05, 4.69) is 4.74 Å². The van der Waals surface area contributed by atoms with Crippen molar-refractivity contribution in [2.75, 3.05) is 19.7 Å². The zero-order valence-corrected chi connectivity index (χ0v) is 10.4. The predicted molar refractivity (Wildman–Crippen MR) is 57.6 cm³/mol. The van der Waals surface area contributed by atoms with Crippen LogP contribution in [0.5, 0.6) is 0 Å². The highest BCUT2D eigenvalue weighted by Crippen LogP contribution is 2.24. The van der Waals surface area contributed by atoms with Crippen molar-refractivity contribution in [2.45, 2.75) is 25.1 Å². The molecule has 0 aliphatic carbocycles. The van der Waals surface area contributed by atoms with Gasteiger partial charge in [-0.05, 0) is 13.8 Å². The lowest BCUT2D eigenvalue weighted by Gasteiger charge is -2.41. The number of nitrogens with zero attached hydrogens (tertiary/aromatic N) is 2. The lowest BCUT2D eigenvalue weighted by molar-refractivity contribution is -0.128. The summed E-state index contributed by atoms with van der Waals surface area (Å²) in [5, 5.41) is -0.496. The largest absolute Gasteiger partial charge is 0.439 e. The van der Waals surface area contributed by atoms with Gasteiger partial charge in [-0.1, -0.05) is 0 Å². The van der Waals surface area contributed by atoms with Crippen molar-refractivity contribution < 1.29 is 22.7 Å². The minimum atomic E-state index is -3.29. The average molecular weight is 262 g/mol. The third-order valence-electron chi connectivity index (χ3n) is 2.93. The van der Waals surface area contributed by atoms with E-state index in [1.165, 1.54) is 4.31 Å². The quantitative estimate of drug-likeness (QED) is 0.677. The number of carbonyl (C=O) groups is 2. The summed E-state index contributed by atoms with van der Waals surface area (Å²) in [6, 6.07) is -0.383. The number of carbonyl (C=O) groups excluding carboxylic acids is 2. The van der Waals surface area contributed by atoms with Crippen molar-refractivity contribution in [1.82, 2.24) is 9.21 Å². The summed E-state index contributed by atoms with van der Waals surface area (Å²) < 4.78 is 29.3. The van der Waals surface area contributed by atoms with Crippen LogP contribution in [-0.4, -0.2) is 60.6 Å². The normalized spacial score (nSPS) is 23.1. The van der Waals surface area contributed by atoms with E-state index in [0.29, 0.717) is 0 Å². The van der Waals surface area contributed by atoms with E-state index in [1.54, 1.807) is 13.8 Å². The van der Waals surface area contributed by atoms with Crippen LogP contribution in [0.25, 0.3) is 0 Å². The Kier molecular flexibility index (Phi) is 2.86. The number of rotatable bonds is 3. The van der Waals surface area contributed by atoms with Gasteiger partial charge in [0.1, 0.15) is 0 Å². The lowest BCUT2D eigenvalue weighted by atomic mass is 10.1. The van der Waals surface area contributed by atoms with Crippen molar-refractivity contribution in [3.8, 4) is 0 Å². The van der Waals surface area contributed by atoms with Gasteiger partial charge >= 0.3 is 6.09 Å². The molecule has 0 saturated carbocycles. The molecule has 2 fully saturated rings. The van der Waals surface area contributed by atoms with Crippen molar-refractivity contribution in [1.29, 1.82) is 0 Å². The summed E-state index contributed by atoms with van der Waals surface area (Å²) in [5.74, 6) is -0.401. The van der Waals surface area contributed by atoms with Crippen LogP contribution in [0.3, 0.4) is 0 Å². The van der Waals surface area contributed by atoms with Gasteiger partial charge in [-0.25, -0.2) is 18.1 Å². The maximum Gasteiger partial charge on any atom is 0.417 e. The smallest absolute Gasteiger partial charge is 0.417 e. The van der Waals surface area contributed by atoms with Crippen LogP contribution in [0.1, 0.15) is 13.8 Å². The Balaban J connectivity index is 2.00. The van der Waals surface area contributed by atoms with Crippen LogP contribution in [0, 0.1) is 0 Å². The van der Waals surface area contributed by atoms with Crippen molar-refractivity contribution in [3.63, 3.8) is 0 Å². The number of hydrogen-bond acceptors (Lipinski definition) is 5. The second-order valence-corrected chi connectivity index (χ2v) is 6.87. The average Bonchev–Trinajstić information content (AvgIpc) is 2.46. The second kappa shape index (κ2) is 3.95. The van der Waals surface area contributed by atoms with E-state index in [0.717, 1.165) is 4.90 Å². The summed E-state index contributed by atoms with van der Waals surface area (Å²) in [4.78, 5) is 23.6. The van der Waals surface area contributed by atoms with Crippen molar-refractivity contribution >= 4 is 22.0 Å². The number of cyclic esters (lactones) is 1. The standard InChI is InChI=1S/C9H14N2O5S/c1-6(2)17(14,15)10-3-7(4-10)11-8(12)5-16-9(11)13/h6-7H,3-5H2,1-2H3. The third kappa shape index (κ3) is 1.91.